The minimum Gasteiger partial charge on any atom is -0.497 e. The molecule has 1 saturated heterocycles. The summed E-state index contributed by atoms with van der Waals surface area (Å²) in [6.07, 6.45) is 7.66. The van der Waals surface area contributed by atoms with E-state index in [1.54, 1.807) is 24.2 Å². The van der Waals surface area contributed by atoms with Crippen LogP contribution in [0.15, 0.2) is 60.9 Å². The molecule has 1 fully saturated rings. The molecule has 3 aromatic rings. The molecule has 1 aliphatic heterocycles. The summed E-state index contributed by atoms with van der Waals surface area (Å²) in [4.78, 5) is 15.1. The number of aromatic nitrogens is 3. The van der Waals surface area contributed by atoms with E-state index in [1.165, 1.54) is 0 Å². The number of amides is 2. The average molecular weight is 391 g/mol. The van der Waals surface area contributed by atoms with Crippen LogP contribution in [-0.2, 0) is 0 Å². The lowest BCUT2D eigenvalue weighted by Crippen LogP contribution is -2.38. The van der Waals surface area contributed by atoms with Gasteiger partial charge in [0.25, 0.3) is 0 Å². The van der Waals surface area contributed by atoms with Gasteiger partial charge in [0.1, 0.15) is 5.75 Å². The SMILES string of the molecule is COc1ccc([C@H]2CCCCCN2C(=O)Nc2ccc(-n3ccnn3)cc2)cc1. The Bertz CT molecular complexity index is 923. The summed E-state index contributed by atoms with van der Waals surface area (Å²) < 4.78 is 6.95. The van der Waals surface area contributed by atoms with Gasteiger partial charge in [-0.05, 0) is 54.8 Å². The standard InChI is InChI=1S/C22H25N5O2/c1-29-20-12-6-17(7-13-20)21-5-3-2-4-15-26(21)22(28)24-18-8-10-19(11-9-18)27-16-14-23-25-27/h6-14,16,21H,2-5,15H2,1H3,(H,24,28)/t21-/m1/s1. The first-order chi connectivity index (χ1) is 14.2. The van der Waals surface area contributed by atoms with E-state index in [1.807, 2.05) is 41.3 Å². The van der Waals surface area contributed by atoms with Gasteiger partial charge in [-0.2, -0.15) is 0 Å². The lowest BCUT2D eigenvalue weighted by atomic mass is 10.0. The van der Waals surface area contributed by atoms with Crippen molar-refractivity contribution in [3.05, 3.63) is 66.5 Å². The Morgan fingerprint density at radius 3 is 2.55 bits per heavy atom. The molecule has 2 aromatic carbocycles. The summed E-state index contributed by atoms with van der Waals surface area (Å²) in [7, 11) is 1.66. The second kappa shape index (κ2) is 8.77. The highest BCUT2D eigenvalue weighted by Gasteiger charge is 2.27. The van der Waals surface area contributed by atoms with Crippen molar-refractivity contribution in [1.82, 2.24) is 19.9 Å². The second-order valence-electron chi connectivity index (χ2n) is 7.16. The minimum atomic E-state index is -0.0683. The Labute approximate surface area is 170 Å². The second-order valence-corrected chi connectivity index (χ2v) is 7.16. The molecule has 1 atom stereocenters. The number of carbonyl (C=O) groups excluding carboxylic acids is 1. The first kappa shape index (κ1) is 19.0. The maximum atomic E-state index is 13.1. The molecule has 0 radical (unpaired) electrons. The zero-order chi connectivity index (χ0) is 20.1. The fourth-order valence-corrected chi connectivity index (χ4v) is 3.76. The van der Waals surface area contributed by atoms with E-state index in [-0.39, 0.29) is 12.1 Å². The third-order valence-corrected chi connectivity index (χ3v) is 5.32. The highest BCUT2D eigenvalue weighted by Crippen LogP contribution is 2.31. The van der Waals surface area contributed by atoms with Crippen molar-refractivity contribution in [2.24, 2.45) is 0 Å². The van der Waals surface area contributed by atoms with Gasteiger partial charge in [0.05, 0.1) is 31.2 Å². The maximum Gasteiger partial charge on any atom is 0.322 e. The van der Waals surface area contributed by atoms with Crippen LogP contribution in [0.25, 0.3) is 5.69 Å². The van der Waals surface area contributed by atoms with Crippen LogP contribution in [0.5, 0.6) is 5.75 Å². The highest BCUT2D eigenvalue weighted by molar-refractivity contribution is 5.89. The van der Waals surface area contributed by atoms with Gasteiger partial charge in [-0.25, -0.2) is 9.48 Å². The number of nitrogens with one attached hydrogen (secondary N) is 1. The third-order valence-electron chi connectivity index (χ3n) is 5.32. The van der Waals surface area contributed by atoms with Gasteiger partial charge in [-0.1, -0.05) is 30.2 Å². The molecule has 1 aromatic heterocycles. The number of nitrogens with zero attached hydrogens (tertiary/aromatic N) is 4. The van der Waals surface area contributed by atoms with Crippen LogP contribution in [0, 0.1) is 0 Å². The molecule has 29 heavy (non-hydrogen) atoms. The van der Waals surface area contributed by atoms with Crippen LogP contribution in [0.4, 0.5) is 10.5 Å². The summed E-state index contributed by atoms with van der Waals surface area (Å²) in [6.45, 7) is 0.750. The summed E-state index contributed by atoms with van der Waals surface area (Å²) >= 11 is 0. The summed E-state index contributed by atoms with van der Waals surface area (Å²) in [6, 6.07) is 15.6. The molecule has 0 bridgehead atoms. The molecule has 1 aliphatic rings. The smallest absolute Gasteiger partial charge is 0.322 e. The molecule has 2 amide bonds. The summed E-state index contributed by atoms with van der Waals surface area (Å²) in [5.74, 6) is 0.825. The van der Waals surface area contributed by atoms with Gasteiger partial charge in [-0.15, -0.1) is 5.10 Å². The van der Waals surface area contributed by atoms with E-state index in [0.717, 1.165) is 54.9 Å². The molecule has 7 heteroatoms. The minimum absolute atomic E-state index is 0.0674. The topological polar surface area (TPSA) is 72.3 Å². The predicted molar refractivity (Wildman–Crippen MR) is 111 cm³/mol. The molecule has 150 valence electrons. The zero-order valence-electron chi connectivity index (χ0n) is 16.5. The molecule has 4 rings (SSSR count). The Kier molecular flexibility index (Phi) is 5.74. The van der Waals surface area contributed by atoms with Gasteiger partial charge >= 0.3 is 6.03 Å². The quantitative estimate of drug-likeness (QED) is 0.714. The molecule has 0 spiro atoms. The van der Waals surface area contributed by atoms with Crippen molar-refractivity contribution in [3.8, 4) is 11.4 Å². The van der Waals surface area contributed by atoms with Crippen molar-refractivity contribution in [2.75, 3.05) is 19.0 Å². The third kappa shape index (κ3) is 4.39. The number of carbonyl (C=O) groups is 1. The summed E-state index contributed by atoms with van der Waals surface area (Å²) in [5, 5.41) is 10.8. The zero-order valence-corrected chi connectivity index (χ0v) is 16.5. The van der Waals surface area contributed by atoms with Gasteiger partial charge < -0.3 is 15.0 Å². The van der Waals surface area contributed by atoms with Crippen LogP contribution >= 0.6 is 0 Å². The Hall–Kier alpha value is -3.35. The fraction of sp³-hybridized carbons (Fsp3) is 0.318. The van der Waals surface area contributed by atoms with Gasteiger partial charge in [0, 0.05) is 12.2 Å². The number of benzene rings is 2. The van der Waals surface area contributed by atoms with Crippen LogP contribution in [0.2, 0.25) is 0 Å². The van der Waals surface area contributed by atoms with Crippen molar-refractivity contribution in [1.29, 1.82) is 0 Å². The predicted octanol–water partition coefficient (Wildman–Crippen LogP) is 4.43. The molecular formula is C22H25N5O2. The van der Waals surface area contributed by atoms with Crippen LogP contribution in [-0.4, -0.2) is 39.6 Å². The molecule has 2 heterocycles. The van der Waals surface area contributed by atoms with Crippen molar-refractivity contribution >= 4 is 11.7 Å². The Morgan fingerprint density at radius 1 is 1.07 bits per heavy atom. The van der Waals surface area contributed by atoms with Gasteiger partial charge in [0.15, 0.2) is 0 Å². The van der Waals surface area contributed by atoms with E-state index in [4.69, 9.17) is 4.74 Å². The molecule has 1 N–H and O–H groups in total. The number of hydrogen-bond donors (Lipinski definition) is 1. The number of hydrogen-bond acceptors (Lipinski definition) is 4. The van der Waals surface area contributed by atoms with Crippen molar-refractivity contribution < 1.29 is 9.53 Å². The van der Waals surface area contributed by atoms with Crippen LogP contribution in [0.1, 0.15) is 37.3 Å². The fourth-order valence-electron chi connectivity index (χ4n) is 3.76. The number of anilines is 1. The largest absolute Gasteiger partial charge is 0.497 e. The van der Waals surface area contributed by atoms with Crippen LogP contribution in [0.3, 0.4) is 0 Å². The number of ether oxygens (including phenoxy) is 1. The molecule has 0 saturated carbocycles. The summed E-state index contributed by atoms with van der Waals surface area (Å²) in [5.41, 5.74) is 2.80. The first-order valence-corrected chi connectivity index (χ1v) is 9.93. The van der Waals surface area contributed by atoms with Gasteiger partial charge in [0.2, 0.25) is 0 Å². The lowest BCUT2D eigenvalue weighted by Gasteiger charge is -2.30. The number of urea groups is 1. The maximum absolute atomic E-state index is 13.1. The first-order valence-electron chi connectivity index (χ1n) is 9.93. The number of rotatable bonds is 4. The van der Waals surface area contributed by atoms with E-state index in [9.17, 15) is 4.79 Å². The number of likely N-dealkylation sites (tertiary alicyclic amines) is 1. The monoisotopic (exact) mass is 391 g/mol. The van der Waals surface area contributed by atoms with E-state index in [0.29, 0.717) is 0 Å². The molecule has 0 aliphatic carbocycles. The van der Waals surface area contributed by atoms with Gasteiger partial charge in [-0.3, -0.25) is 0 Å². The van der Waals surface area contributed by atoms with E-state index < -0.39 is 0 Å². The Balaban J connectivity index is 1.49. The van der Waals surface area contributed by atoms with Crippen molar-refractivity contribution in [2.45, 2.75) is 31.7 Å². The highest BCUT2D eigenvalue weighted by atomic mass is 16.5. The number of methoxy groups -OCH3 is 1. The normalized spacial score (nSPS) is 16.9. The lowest BCUT2D eigenvalue weighted by molar-refractivity contribution is 0.189. The van der Waals surface area contributed by atoms with E-state index in [2.05, 4.69) is 27.8 Å². The molecule has 7 nitrogen and oxygen atoms in total. The van der Waals surface area contributed by atoms with Crippen molar-refractivity contribution in [3.63, 3.8) is 0 Å². The van der Waals surface area contributed by atoms with E-state index >= 15 is 0 Å². The van der Waals surface area contributed by atoms with Crippen LogP contribution < -0.4 is 10.1 Å². The molecular weight excluding hydrogens is 366 g/mol. The molecule has 0 unspecified atom stereocenters. The Morgan fingerprint density at radius 2 is 1.86 bits per heavy atom. The average Bonchev–Trinajstić information content (AvgIpc) is 3.19.